The Morgan fingerprint density at radius 3 is 2.60 bits per heavy atom. The minimum absolute atomic E-state index is 0.0687. The van der Waals surface area contributed by atoms with Gasteiger partial charge >= 0.3 is 0 Å². The number of nitrogens with one attached hydrogen (secondary N) is 2. The Morgan fingerprint density at radius 2 is 1.84 bits per heavy atom. The molecule has 0 fully saturated rings. The number of aromatic nitrogens is 1. The van der Waals surface area contributed by atoms with Crippen LogP contribution in [0.1, 0.15) is 36.2 Å². The SMILES string of the molecule is CC[C@@H](C)NC(=O)c1cc(Nc2ccccc2C)nc2ccccc12. The Kier molecular flexibility index (Phi) is 4.98. The summed E-state index contributed by atoms with van der Waals surface area (Å²) in [5.41, 5.74) is 3.55. The van der Waals surface area contributed by atoms with Crippen LogP contribution in [-0.2, 0) is 0 Å². The summed E-state index contributed by atoms with van der Waals surface area (Å²) in [4.78, 5) is 17.4. The van der Waals surface area contributed by atoms with Gasteiger partial charge in [0.1, 0.15) is 5.82 Å². The van der Waals surface area contributed by atoms with E-state index in [9.17, 15) is 4.79 Å². The van der Waals surface area contributed by atoms with Gasteiger partial charge in [-0.3, -0.25) is 4.79 Å². The highest BCUT2D eigenvalue weighted by Gasteiger charge is 2.14. The van der Waals surface area contributed by atoms with Gasteiger partial charge in [-0.05, 0) is 44.0 Å². The van der Waals surface area contributed by atoms with Crippen molar-refractivity contribution in [2.75, 3.05) is 5.32 Å². The minimum atomic E-state index is -0.0687. The van der Waals surface area contributed by atoms with E-state index in [0.29, 0.717) is 11.4 Å². The van der Waals surface area contributed by atoms with Crippen molar-refractivity contribution in [1.29, 1.82) is 0 Å². The van der Waals surface area contributed by atoms with Gasteiger partial charge in [0.15, 0.2) is 0 Å². The lowest BCUT2D eigenvalue weighted by atomic mass is 10.1. The van der Waals surface area contributed by atoms with E-state index in [4.69, 9.17) is 0 Å². The Bertz CT molecular complexity index is 905. The van der Waals surface area contributed by atoms with Gasteiger partial charge < -0.3 is 10.6 Å². The predicted molar refractivity (Wildman–Crippen MR) is 103 cm³/mol. The zero-order valence-corrected chi connectivity index (χ0v) is 14.8. The summed E-state index contributed by atoms with van der Waals surface area (Å²) in [6.45, 7) is 6.11. The standard InChI is InChI=1S/C21H23N3O/c1-4-15(3)22-21(25)17-13-20(23-18-11-7-5-9-14(18)2)24-19-12-8-6-10-16(17)19/h5-13,15H,4H2,1-3H3,(H,22,25)(H,23,24)/t15-/m1/s1. The number of fused-ring (bicyclic) bond motifs is 1. The molecule has 0 radical (unpaired) electrons. The van der Waals surface area contributed by atoms with Crippen LogP contribution in [-0.4, -0.2) is 16.9 Å². The first kappa shape index (κ1) is 17.0. The third kappa shape index (κ3) is 3.79. The first-order chi connectivity index (χ1) is 12.1. The van der Waals surface area contributed by atoms with Crippen molar-refractivity contribution in [2.45, 2.75) is 33.2 Å². The van der Waals surface area contributed by atoms with Crippen LogP contribution in [0.5, 0.6) is 0 Å². The van der Waals surface area contributed by atoms with Gasteiger partial charge in [-0.1, -0.05) is 43.3 Å². The van der Waals surface area contributed by atoms with E-state index in [1.807, 2.05) is 68.4 Å². The molecule has 1 amide bonds. The van der Waals surface area contributed by atoms with Gasteiger partial charge in [-0.25, -0.2) is 4.98 Å². The summed E-state index contributed by atoms with van der Waals surface area (Å²) in [6.07, 6.45) is 0.892. The molecule has 1 atom stereocenters. The molecule has 1 aromatic heterocycles. The number of carbonyl (C=O) groups is 1. The lowest BCUT2D eigenvalue weighted by Crippen LogP contribution is -2.32. The van der Waals surface area contributed by atoms with Gasteiger partial charge in [-0.15, -0.1) is 0 Å². The smallest absolute Gasteiger partial charge is 0.252 e. The van der Waals surface area contributed by atoms with Gasteiger partial charge in [0.2, 0.25) is 0 Å². The summed E-state index contributed by atoms with van der Waals surface area (Å²) in [6, 6.07) is 17.7. The first-order valence-corrected chi connectivity index (χ1v) is 8.61. The van der Waals surface area contributed by atoms with Crippen molar-refractivity contribution in [3.05, 3.63) is 65.7 Å². The average molecular weight is 333 g/mol. The summed E-state index contributed by atoms with van der Waals surface area (Å²) in [5.74, 6) is 0.600. The summed E-state index contributed by atoms with van der Waals surface area (Å²) in [7, 11) is 0. The molecular formula is C21H23N3O. The number of hydrogen-bond donors (Lipinski definition) is 2. The van der Waals surface area contributed by atoms with Crippen LogP contribution in [0, 0.1) is 6.92 Å². The van der Waals surface area contributed by atoms with Crippen LogP contribution in [0.2, 0.25) is 0 Å². The van der Waals surface area contributed by atoms with Gasteiger partial charge in [0.05, 0.1) is 11.1 Å². The van der Waals surface area contributed by atoms with E-state index in [2.05, 4.69) is 22.5 Å². The highest BCUT2D eigenvalue weighted by atomic mass is 16.1. The van der Waals surface area contributed by atoms with Crippen molar-refractivity contribution in [3.63, 3.8) is 0 Å². The largest absolute Gasteiger partial charge is 0.350 e. The Hall–Kier alpha value is -2.88. The maximum absolute atomic E-state index is 12.7. The molecule has 0 unspecified atom stereocenters. The number of aryl methyl sites for hydroxylation is 1. The van der Waals surface area contributed by atoms with Crippen LogP contribution in [0.3, 0.4) is 0 Å². The minimum Gasteiger partial charge on any atom is -0.350 e. The number of para-hydroxylation sites is 2. The molecule has 3 aromatic rings. The van der Waals surface area contributed by atoms with E-state index >= 15 is 0 Å². The fraction of sp³-hybridized carbons (Fsp3) is 0.238. The lowest BCUT2D eigenvalue weighted by Gasteiger charge is -2.15. The molecular weight excluding hydrogens is 310 g/mol. The van der Waals surface area contributed by atoms with E-state index < -0.39 is 0 Å². The maximum Gasteiger partial charge on any atom is 0.252 e. The summed E-state index contributed by atoms with van der Waals surface area (Å²) in [5, 5.41) is 7.24. The van der Waals surface area contributed by atoms with Crippen LogP contribution >= 0.6 is 0 Å². The second-order valence-corrected chi connectivity index (χ2v) is 6.29. The topological polar surface area (TPSA) is 54.0 Å². The fourth-order valence-corrected chi connectivity index (χ4v) is 2.68. The Morgan fingerprint density at radius 1 is 1.12 bits per heavy atom. The number of nitrogens with zero attached hydrogens (tertiary/aromatic N) is 1. The zero-order chi connectivity index (χ0) is 17.8. The first-order valence-electron chi connectivity index (χ1n) is 8.61. The van der Waals surface area contributed by atoms with Crippen LogP contribution < -0.4 is 10.6 Å². The highest BCUT2D eigenvalue weighted by Crippen LogP contribution is 2.24. The number of anilines is 2. The normalized spacial score (nSPS) is 12.0. The second-order valence-electron chi connectivity index (χ2n) is 6.29. The maximum atomic E-state index is 12.7. The molecule has 0 aliphatic rings. The molecule has 4 nitrogen and oxygen atoms in total. The molecule has 0 saturated carbocycles. The summed E-state index contributed by atoms with van der Waals surface area (Å²) < 4.78 is 0. The second kappa shape index (κ2) is 7.34. The number of pyridine rings is 1. The Labute approximate surface area is 148 Å². The number of benzene rings is 2. The highest BCUT2D eigenvalue weighted by molar-refractivity contribution is 6.07. The fourth-order valence-electron chi connectivity index (χ4n) is 2.68. The van der Waals surface area contributed by atoms with Gasteiger partial charge in [0, 0.05) is 17.1 Å². The number of hydrogen-bond acceptors (Lipinski definition) is 3. The average Bonchev–Trinajstić information content (AvgIpc) is 2.62. The molecule has 1 heterocycles. The van der Waals surface area contributed by atoms with Crippen molar-refractivity contribution in [3.8, 4) is 0 Å². The van der Waals surface area contributed by atoms with Gasteiger partial charge in [0.25, 0.3) is 5.91 Å². The van der Waals surface area contributed by atoms with E-state index in [1.165, 1.54) is 0 Å². The number of rotatable bonds is 5. The molecule has 2 N–H and O–H groups in total. The molecule has 0 spiro atoms. The predicted octanol–water partition coefficient (Wildman–Crippen LogP) is 4.82. The van der Waals surface area contributed by atoms with Crippen LogP contribution in [0.25, 0.3) is 10.9 Å². The monoisotopic (exact) mass is 333 g/mol. The van der Waals surface area contributed by atoms with E-state index in [0.717, 1.165) is 28.6 Å². The van der Waals surface area contributed by atoms with E-state index in [1.54, 1.807) is 0 Å². The van der Waals surface area contributed by atoms with E-state index in [-0.39, 0.29) is 11.9 Å². The Balaban J connectivity index is 2.03. The van der Waals surface area contributed by atoms with Crippen molar-refractivity contribution in [1.82, 2.24) is 10.3 Å². The number of carbonyl (C=O) groups excluding carboxylic acids is 1. The summed E-state index contributed by atoms with van der Waals surface area (Å²) >= 11 is 0. The molecule has 0 aliphatic heterocycles. The molecule has 0 saturated heterocycles. The molecule has 4 heteroatoms. The van der Waals surface area contributed by atoms with Crippen LogP contribution in [0.15, 0.2) is 54.6 Å². The van der Waals surface area contributed by atoms with Crippen molar-refractivity contribution < 1.29 is 4.79 Å². The van der Waals surface area contributed by atoms with Crippen LogP contribution in [0.4, 0.5) is 11.5 Å². The lowest BCUT2D eigenvalue weighted by molar-refractivity contribution is 0.0941. The van der Waals surface area contributed by atoms with Crippen molar-refractivity contribution in [2.24, 2.45) is 0 Å². The molecule has 0 bridgehead atoms. The zero-order valence-electron chi connectivity index (χ0n) is 14.8. The third-order valence-corrected chi connectivity index (χ3v) is 4.36. The third-order valence-electron chi connectivity index (χ3n) is 4.36. The molecule has 128 valence electrons. The molecule has 0 aliphatic carbocycles. The van der Waals surface area contributed by atoms with Crippen molar-refractivity contribution >= 4 is 28.3 Å². The molecule has 2 aromatic carbocycles. The molecule has 25 heavy (non-hydrogen) atoms. The molecule has 3 rings (SSSR count). The van der Waals surface area contributed by atoms with Gasteiger partial charge in [-0.2, -0.15) is 0 Å². The number of amides is 1. The quantitative estimate of drug-likeness (QED) is 0.704.